The molecule has 0 unspecified atom stereocenters. The fraction of sp³-hybridized carbons (Fsp3) is 0.182. The Morgan fingerprint density at radius 2 is 1.94 bits per heavy atom. The van der Waals surface area contributed by atoms with E-state index in [1.165, 1.54) is 12.3 Å². The molecular weight excluding hydrogens is 318 g/mol. The zero-order valence-corrected chi connectivity index (χ0v) is 10.9. The van der Waals surface area contributed by atoms with Crippen molar-refractivity contribution in [2.24, 2.45) is 0 Å². The van der Waals surface area contributed by atoms with Crippen molar-refractivity contribution in [2.75, 3.05) is 0 Å². The molecule has 0 aliphatic heterocycles. The van der Waals surface area contributed by atoms with Crippen molar-refractivity contribution in [3.8, 4) is 0 Å². The molecule has 0 aliphatic carbocycles. The molecule has 1 nitrogen and oxygen atoms in total. The average molecular weight is 325 g/mol. The third-order valence-corrected chi connectivity index (χ3v) is 3.53. The van der Waals surface area contributed by atoms with Crippen LogP contribution < -0.4 is 0 Å². The number of hydrogen-bond acceptors (Lipinski definition) is 1. The SMILES string of the molecule is Cc1cnc2c(C(F)(F)F)ccc(Br)c2c1Cl. The van der Waals surface area contributed by atoms with Gasteiger partial charge < -0.3 is 0 Å². The molecule has 0 aliphatic rings. The number of hydrogen-bond donors (Lipinski definition) is 0. The van der Waals surface area contributed by atoms with Crippen LogP contribution in [-0.4, -0.2) is 4.98 Å². The van der Waals surface area contributed by atoms with E-state index >= 15 is 0 Å². The molecule has 0 spiro atoms. The number of fused-ring (bicyclic) bond motifs is 1. The lowest BCUT2D eigenvalue weighted by atomic mass is 10.1. The van der Waals surface area contributed by atoms with Gasteiger partial charge in [0.05, 0.1) is 16.1 Å². The van der Waals surface area contributed by atoms with Gasteiger partial charge in [0.15, 0.2) is 0 Å². The molecule has 0 bridgehead atoms. The fourth-order valence-electron chi connectivity index (χ4n) is 1.55. The van der Waals surface area contributed by atoms with Crippen LogP contribution in [0.15, 0.2) is 22.8 Å². The second-order valence-electron chi connectivity index (χ2n) is 3.57. The lowest BCUT2D eigenvalue weighted by Gasteiger charge is -2.12. The van der Waals surface area contributed by atoms with Crippen molar-refractivity contribution in [1.82, 2.24) is 4.98 Å². The molecule has 6 heteroatoms. The molecule has 0 fully saturated rings. The number of aryl methyl sites for hydroxylation is 1. The molecule has 2 aromatic rings. The van der Waals surface area contributed by atoms with E-state index in [1.807, 2.05) is 0 Å². The highest BCUT2D eigenvalue weighted by Gasteiger charge is 2.34. The number of halogens is 5. The van der Waals surface area contributed by atoms with Gasteiger partial charge in [-0.05, 0) is 24.6 Å². The Morgan fingerprint density at radius 1 is 1.29 bits per heavy atom. The highest BCUT2D eigenvalue weighted by atomic mass is 79.9. The zero-order chi connectivity index (χ0) is 12.8. The minimum absolute atomic E-state index is 0.137. The molecule has 1 aromatic carbocycles. The summed E-state index contributed by atoms with van der Waals surface area (Å²) in [4.78, 5) is 3.83. The normalized spacial score (nSPS) is 12.1. The summed E-state index contributed by atoms with van der Waals surface area (Å²) < 4.78 is 38.9. The van der Waals surface area contributed by atoms with E-state index in [0.29, 0.717) is 15.4 Å². The lowest BCUT2D eigenvalue weighted by molar-refractivity contribution is -0.136. The second kappa shape index (κ2) is 4.14. The van der Waals surface area contributed by atoms with Crippen molar-refractivity contribution in [3.63, 3.8) is 0 Å². The monoisotopic (exact) mass is 323 g/mol. The van der Waals surface area contributed by atoms with Crippen LogP contribution in [0, 0.1) is 6.92 Å². The van der Waals surface area contributed by atoms with E-state index in [0.717, 1.165) is 6.07 Å². The Hall–Kier alpha value is -0.810. The van der Waals surface area contributed by atoms with Crippen LogP contribution in [0.25, 0.3) is 10.9 Å². The molecule has 90 valence electrons. The van der Waals surface area contributed by atoms with Gasteiger partial charge in [-0.25, -0.2) is 0 Å². The minimum atomic E-state index is -4.44. The second-order valence-corrected chi connectivity index (χ2v) is 4.80. The molecule has 0 saturated carbocycles. The van der Waals surface area contributed by atoms with Crippen LogP contribution in [0.1, 0.15) is 11.1 Å². The molecule has 2 rings (SSSR count). The summed E-state index contributed by atoms with van der Waals surface area (Å²) in [6, 6.07) is 2.32. The molecule has 17 heavy (non-hydrogen) atoms. The van der Waals surface area contributed by atoms with Crippen molar-refractivity contribution in [2.45, 2.75) is 13.1 Å². The highest BCUT2D eigenvalue weighted by Crippen LogP contribution is 2.39. The van der Waals surface area contributed by atoms with Crippen molar-refractivity contribution in [3.05, 3.63) is 39.0 Å². The van der Waals surface area contributed by atoms with Gasteiger partial charge >= 0.3 is 6.18 Å². The number of rotatable bonds is 0. The predicted molar refractivity (Wildman–Crippen MR) is 64.2 cm³/mol. The van der Waals surface area contributed by atoms with Crippen LogP contribution in [-0.2, 0) is 6.18 Å². The van der Waals surface area contributed by atoms with Gasteiger partial charge in [0.25, 0.3) is 0 Å². The quantitative estimate of drug-likeness (QED) is 0.666. The molecule has 0 N–H and O–H groups in total. The summed E-state index contributed by atoms with van der Waals surface area (Å²) in [7, 11) is 0. The van der Waals surface area contributed by atoms with Gasteiger partial charge in [-0.2, -0.15) is 13.2 Å². The number of benzene rings is 1. The fourth-order valence-corrected chi connectivity index (χ4v) is 2.43. The van der Waals surface area contributed by atoms with Crippen molar-refractivity contribution in [1.29, 1.82) is 0 Å². The molecule has 0 radical (unpaired) electrons. The minimum Gasteiger partial charge on any atom is -0.255 e. The maximum Gasteiger partial charge on any atom is 0.418 e. The van der Waals surface area contributed by atoms with Gasteiger partial charge in [0, 0.05) is 16.1 Å². The number of pyridine rings is 1. The molecule has 1 heterocycles. The van der Waals surface area contributed by atoms with Gasteiger partial charge in [-0.15, -0.1) is 0 Å². The highest BCUT2D eigenvalue weighted by molar-refractivity contribution is 9.10. The Morgan fingerprint density at radius 3 is 2.53 bits per heavy atom. The Balaban J connectivity index is 2.93. The summed E-state index contributed by atoms with van der Waals surface area (Å²) in [5, 5.41) is 0.578. The first-order chi connectivity index (χ1) is 7.82. The van der Waals surface area contributed by atoms with Crippen LogP contribution in [0.2, 0.25) is 5.02 Å². The summed E-state index contributed by atoms with van der Waals surface area (Å²) in [6.45, 7) is 1.70. The largest absolute Gasteiger partial charge is 0.418 e. The summed E-state index contributed by atoms with van der Waals surface area (Å²) >= 11 is 9.21. The van der Waals surface area contributed by atoms with E-state index in [1.54, 1.807) is 6.92 Å². The first kappa shape index (κ1) is 12.6. The Labute approximate surface area is 109 Å². The smallest absolute Gasteiger partial charge is 0.255 e. The van der Waals surface area contributed by atoms with E-state index in [4.69, 9.17) is 11.6 Å². The van der Waals surface area contributed by atoms with E-state index in [-0.39, 0.29) is 10.5 Å². The molecular formula is C11H6BrClF3N. The lowest BCUT2D eigenvalue weighted by Crippen LogP contribution is -2.07. The summed E-state index contributed by atoms with van der Waals surface area (Å²) in [5.74, 6) is 0. The molecule has 0 amide bonds. The first-order valence-corrected chi connectivity index (χ1v) is 5.80. The Bertz CT molecular complexity index is 595. The van der Waals surface area contributed by atoms with E-state index in [2.05, 4.69) is 20.9 Å². The van der Waals surface area contributed by atoms with Crippen LogP contribution in [0.4, 0.5) is 13.2 Å². The molecule has 0 atom stereocenters. The molecule has 1 aromatic heterocycles. The standard InChI is InChI=1S/C11H6BrClF3N/c1-5-4-17-10-6(11(14,15)16)2-3-7(12)8(10)9(5)13/h2-4H,1H3. The van der Waals surface area contributed by atoms with E-state index < -0.39 is 11.7 Å². The predicted octanol–water partition coefficient (Wildman–Crippen LogP) is 4.98. The summed E-state index contributed by atoms with van der Waals surface area (Å²) in [6.07, 6.45) is -3.10. The van der Waals surface area contributed by atoms with Crippen LogP contribution >= 0.6 is 27.5 Å². The zero-order valence-electron chi connectivity index (χ0n) is 8.57. The third-order valence-electron chi connectivity index (χ3n) is 2.39. The Kier molecular flexibility index (Phi) is 3.08. The average Bonchev–Trinajstić information content (AvgIpc) is 2.21. The third kappa shape index (κ3) is 2.13. The number of alkyl halides is 3. The van der Waals surface area contributed by atoms with Gasteiger partial charge in [-0.1, -0.05) is 27.5 Å². The van der Waals surface area contributed by atoms with Crippen LogP contribution in [0.5, 0.6) is 0 Å². The van der Waals surface area contributed by atoms with Crippen molar-refractivity contribution < 1.29 is 13.2 Å². The van der Waals surface area contributed by atoms with Gasteiger partial charge in [0.2, 0.25) is 0 Å². The van der Waals surface area contributed by atoms with E-state index in [9.17, 15) is 13.2 Å². The van der Waals surface area contributed by atoms with Gasteiger partial charge in [0.1, 0.15) is 0 Å². The van der Waals surface area contributed by atoms with Gasteiger partial charge in [-0.3, -0.25) is 4.98 Å². The maximum atomic E-state index is 12.8. The topological polar surface area (TPSA) is 12.9 Å². The van der Waals surface area contributed by atoms with Crippen molar-refractivity contribution >= 4 is 38.4 Å². The maximum absolute atomic E-state index is 12.8. The van der Waals surface area contributed by atoms with Crippen LogP contribution in [0.3, 0.4) is 0 Å². The molecule has 0 saturated heterocycles. The number of aromatic nitrogens is 1. The first-order valence-electron chi connectivity index (χ1n) is 4.63. The summed E-state index contributed by atoms with van der Waals surface area (Å²) in [5.41, 5.74) is -0.278. The number of nitrogens with zero attached hydrogens (tertiary/aromatic N) is 1.